The van der Waals surface area contributed by atoms with Gasteiger partial charge >= 0.3 is 5.97 Å². The molecular weight excluding hydrogens is 296 g/mol. The van der Waals surface area contributed by atoms with E-state index in [0.717, 1.165) is 13.0 Å². The second-order valence-electron chi connectivity index (χ2n) is 5.27. The Morgan fingerprint density at radius 2 is 2.14 bits per heavy atom. The second-order valence-corrected chi connectivity index (χ2v) is 5.68. The summed E-state index contributed by atoms with van der Waals surface area (Å²) < 4.78 is 4.60. The molecule has 0 amide bonds. The number of hydrogen-bond acceptors (Lipinski definition) is 5. The van der Waals surface area contributed by atoms with E-state index in [2.05, 4.69) is 11.7 Å². The summed E-state index contributed by atoms with van der Waals surface area (Å²) in [6.45, 7) is 4.88. The van der Waals surface area contributed by atoms with E-state index >= 15 is 0 Å². The number of carbonyl (C=O) groups excluding carboxylic acids is 1. The molecule has 0 bridgehead atoms. The van der Waals surface area contributed by atoms with Gasteiger partial charge in [0.25, 0.3) is 5.69 Å². The van der Waals surface area contributed by atoms with E-state index in [1.807, 2.05) is 11.8 Å². The second kappa shape index (κ2) is 5.89. The summed E-state index contributed by atoms with van der Waals surface area (Å²) in [5.41, 5.74) is 0.338. The van der Waals surface area contributed by atoms with Crippen molar-refractivity contribution < 1.29 is 14.5 Å². The minimum absolute atomic E-state index is 0.00881. The highest BCUT2D eigenvalue weighted by atomic mass is 35.5. The third-order valence-electron chi connectivity index (χ3n) is 4.12. The van der Waals surface area contributed by atoms with Crippen molar-refractivity contribution in [1.29, 1.82) is 0 Å². The smallest absolute Gasteiger partial charge is 0.339 e. The van der Waals surface area contributed by atoms with Gasteiger partial charge in [-0.15, -0.1) is 0 Å². The van der Waals surface area contributed by atoms with E-state index < -0.39 is 10.9 Å². The highest BCUT2D eigenvalue weighted by molar-refractivity contribution is 6.34. The number of nitrogens with zero attached hydrogens (tertiary/aromatic N) is 2. The lowest BCUT2D eigenvalue weighted by atomic mass is 10.0. The molecule has 114 valence electrons. The molecule has 7 heteroatoms. The van der Waals surface area contributed by atoms with Gasteiger partial charge in [0.15, 0.2) is 0 Å². The molecule has 1 saturated heterocycles. The molecule has 1 aromatic rings. The standard InChI is InChI=1S/C14H17ClN2O4/c1-8-4-5-16(9(8)2)12-7-11(15)10(14(18)21-3)6-13(12)17(19)20/h6-9H,4-5H2,1-3H3. The van der Waals surface area contributed by atoms with Crippen LogP contribution in [-0.2, 0) is 4.74 Å². The average Bonchev–Trinajstić information content (AvgIpc) is 2.77. The number of rotatable bonds is 3. The molecule has 6 nitrogen and oxygen atoms in total. The van der Waals surface area contributed by atoms with Crippen LogP contribution in [0.15, 0.2) is 12.1 Å². The normalized spacial score (nSPS) is 21.4. The SMILES string of the molecule is COC(=O)c1cc([N+](=O)[O-])c(N2CCC(C)C2C)cc1Cl. The van der Waals surface area contributed by atoms with E-state index in [1.165, 1.54) is 19.2 Å². The molecule has 1 fully saturated rings. The van der Waals surface area contributed by atoms with Crippen LogP contribution in [0.4, 0.5) is 11.4 Å². The number of methoxy groups -OCH3 is 1. The van der Waals surface area contributed by atoms with Crippen LogP contribution in [0.1, 0.15) is 30.6 Å². The lowest BCUT2D eigenvalue weighted by Crippen LogP contribution is -2.29. The summed E-state index contributed by atoms with van der Waals surface area (Å²) in [6.07, 6.45) is 0.967. The maximum Gasteiger partial charge on any atom is 0.339 e. The zero-order valence-electron chi connectivity index (χ0n) is 12.1. The first kappa shape index (κ1) is 15.6. The van der Waals surface area contributed by atoms with Gasteiger partial charge < -0.3 is 9.64 Å². The lowest BCUT2D eigenvalue weighted by molar-refractivity contribution is -0.384. The molecule has 1 aliphatic heterocycles. The number of nitro benzene ring substituents is 1. The molecule has 2 rings (SSSR count). The van der Waals surface area contributed by atoms with Gasteiger partial charge in [-0.3, -0.25) is 10.1 Å². The number of ether oxygens (including phenoxy) is 1. The van der Waals surface area contributed by atoms with Crippen LogP contribution in [0.3, 0.4) is 0 Å². The quantitative estimate of drug-likeness (QED) is 0.486. The number of benzene rings is 1. The van der Waals surface area contributed by atoms with Crippen LogP contribution < -0.4 is 4.90 Å². The maximum absolute atomic E-state index is 11.6. The Hall–Kier alpha value is -1.82. The van der Waals surface area contributed by atoms with Gasteiger partial charge in [0.2, 0.25) is 0 Å². The van der Waals surface area contributed by atoms with Crippen LogP contribution in [0.2, 0.25) is 5.02 Å². The Morgan fingerprint density at radius 3 is 2.62 bits per heavy atom. The van der Waals surface area contributed by atoms with Crippen LogP contribution in [-0.4, -0.2) is 30.6 Å². The van der Waals surface area contributed by atoms with Crippen LogP contribution in [0.25, 0.3) is 0 Å². The first-order chi connectivity index (χ1) is 9.86. The third kappa shape index (κ3) is 2.81. The molecule has 0 aliphatic carbocycles. The predicted octanol–water partition coefficient (Wildman–Crippen LogP) is 3.27. The minimum Gasteiger partial charge on any atom is -0.465 e. The molecule has 0 aromatic heterocycles. The topological polar surface area (TPSA) is 72.7 Å². The highest BCUT2D eigenvalue weighted by Gasteiger charge is 2.33. The van der Waals surface area contributed by atoms with Gasteiger partial charge in [-0.2, -0.15) is 0 Å². The van der Waals surface area contributed by atoms with Gasteiger partial charge in [-0.25, -0.2) is 4.79 Å². The van der Waals surface area contributed by atoms with Crippen molar-refractivity contribution in [2.75, 3.05) is 18.6 Å². The average molecular weight is 313 g/mol. The van der Waals surface area contributed by atoms with Crippen molar-refractivity contribution in [1.82, 2.24) is 0 Å². The van der Waals surface area contributed by atoms with E-state index in [9.17, 15) is 14.9 Å². The number of nitro groups is 1. The van der Waals surface area contributed by atoms with Gasteiger partial charge in [0.05, 0.1) is 22.6 Å². The fraction of sp³-hybridized carbons (Fsp3) is 0.500. The first-order valence-electron chi connectivity index (χ1n) is 6.69. The molecular formula is C14H17ClN2O4. The van der Waals surface area contributed by atoms with Gasteiger partial charge in [-0.1, -0.05) is 18.5 Å². The summed E-state index contributed by atoms with van der Waals surface area (Å²) in [6, 6.07) is 2.86. The lowest BCUT2D eigenvalue weighted by Gasteiger charge is -2.25. The fourth-order valence-electron chi connectivity index (χ4n) is 2.63. The number of halogens is 1. The summed E-state index contributed by atoms with van der Waals surface area (Å²) in [7, 11) is 1.21. The maximum atomic E-state index is 11.6. The van der Waals surface area contributed by atoms with E-state index in [4.69, 9.17) is 11.6 Å². The van der Waals surface area contributed by atoms with Crippen molar-refractivity contribution in [2.24, 2.45) is 5.92 Å². The fourth-order valence-corrected chi connectivity index (χ4v) is 2.86. The Morgan fingerprint density at radius 1 is 1.48 bits per heavy atom. The zero-order chi connectivity index (χ0) is 15.7. The molecule has 21 heavy (non-hydrogen) atoms. The summed E-state index contributed by atoms with van der Waals surface area (Å²) >= 11 is 6.09. The number of anilines is 1. The van der Waals surface area contributed by atoms with Crippen molar-refractivity contribution in [3.63, 3.8) is 0 Å². The Kier molecular flexibility index (Phi) is 4.37. The molecule has 2 atom stereocenters. The van der Waals surface area contributed by atoms with Crippen molar-refractivity contribution >= 4 is 28.9 Å². The minimum atomic E-state index is -0.683. The highest BCUT2D eigenvalue weighted by Crippen LogP contribution is 2.39. The largest absolute Gasteiger partial charge is 0.465 e. The van der Waals surface area contributed by atoms with Gasteiger partial charge in [0, 0.05) is 18.7 Å². The van der Waals surface area contributed by atoms with E-state index in [1.54, 1.807) is 0 Å². The molecule has 0 saturated carbocycles. The molecule has 1 aliphatic rings. The number of carbonyl (C=O) groups is 1. The zero-order valence-corrected chi connectivity index (χ0v) is 12.9. The predicted molar refractivity (Wildman–Crippen MR) is 80.0 cm³/mol. The van der Waals surface area contributed by atoms with Gasteiger partial charge in [0.1, 0.15) is 5.69 Å². The monoisotopic (exact) mass is 312 g/mol. The van der Waals surface area contributed by atoms with Crippen LogP contribution in [0, 0.1) is 16.0 Å². The van der Waals surface area contributed by atoms with Crippen molar-refractivity contribution in [2.45, 2.75) is 26.3 Å². The summed E-state index contributed by atoms with van der Waals surface area (Å²) in [5, 5.41) is 11.5. The molecule has 1 aromatic carbocycles. The molecule has 1 heterocycles. The summed E-state index contributed by atoms with van der Waals surface area (Å²) in [5.74, 6) is -0.235. The van der Waals surface area contributed by atoms with Gasteiger partial charge in [-0.05, 0) is 25.3 Å². The Labute approximate surface area is 127 Å². The first-order valence-corrected chi connectivity index (χ1v) is 7.07. The van der Waals surface area contributed by atoms with Crippen LogP contribution in [0.5, 0.6) is 0 Å². The third-order valence-corrected chi connectivity index (χ3v) is 4.43. The molecule has 2 unspecified atom stereocenters. The van der Waals surface area contributed by atoms with Crippen molar-refractivity contribution in [3.8, 4) is 0 Å². The number of esters is 1. The van der Waals surface area contributed by atoms with E-state index in [0.29, 0.717) is 11.6 Å². The number of hydrogen-bond donors (Lipinski definition) is 0. The summed E-state index contributed by atoms with van der Waals surface area (Å²) in [4.78, 5) is 24.4. The Bertz CT molecular complexity index is 591. The van der Waals surface area contributed by atoms with Crippen LogP contribution >= 0.6 is 11.6 Å². The molecule has 0 spiro atoms. The molecule has 0 radical (unpaired) electrons. The van der Waals surface area contributed by atoms with E-state index in [-0.39, 0.29) is 22.3 Å². The Balaban J connectivity index is 2.53. The van der Waals surface area contributed by atoms with Crippen molar-refractivity contribution in [3.05, 3.63) is 32.8 Å². The molecule has 0 N–H and O–H groups in total.